The molecule has 28 heavy (non-hydrogen) atoms. The quantitative estimate of drug-likeness (QED) is 0.695. The highest BCUT2D eigenvalue weighted by Gasteiger charge is 2.24. The SMILES string of the molecule is Cn1c(=O)c2nc(NCCCN3CCOCC3)nnc2n(C2CCCC2)c1=O. The van der Waals surface area contributed by atoms with Crippen molar-refractivity contribution in [2.45, 2.75) is 38.1 Å². The lowest BCUT2D eigenvalue weighted by Gasteiger charge is -2.26. The third kappa shape index (κ3) is 3.79. The van der Waals surface area contributed by atoms with Crippen LogP contribution in [0, 0.1) is 0 Å². The normalized spacial score (nSPS) is 18.8. The molecule has 3 heterocycles. The Hall–Kier alpha value is -2.33. The minimum absolute atomic E-state index is 0.0604. The average Bonchev–Trinajstić information content (AvgIpc) is 3.25. The predicted molar refractivity (Wildman–Crippen MR) is 105 cm³/mol. The molecule has 0 bridgehead atoms. The molecule has 10 heteroatoms. The number of nitrogens with one attached hydrogen (secondary N) is 1. The number of aromatic nitrogens is 5. The van der Waals surface area contributed by atoms with Gasteiger partial charge in [0.25, 0.3) is 5.56 Å². The molecule has 1 saturated heterocycles. The fourth-order valence-corrected chi connectivity index (χ4v) is 4.02. The van der Waals surface area contributed by atoms with Crippen molar-refractivity contribution in [3.63, 3.8) is 0 Å². The van der Waals surface area contributed by atoms with Crippen LogP contribution in [0.1, 0.15) is 38.1 Å². The molecule has 0 atom stereocenters. The number of ether oxygens (including phenoxy) is 1. The molecule has 4 rings (SSSR count). The van der Waals surface area contributed by atoms with Crippen molar-refractivity contribution in [1.29, 1.82) is 0 Å². The number of nitrogens with zero attached hydrogens (tertiary/aromatic N) is 6. The fourth-order valence-electron chi connectivity index (χ4n) is 4.02. The molecule has 1 aliphatic heterocycles. The van der Waals surface area contributed by atoms with Gasteiger partial charge in [0, 0.05) is 32.7 Å². The number of morpholine rings is 1. The molecule has 2 aromatic heterocycles. The van der Waals surface area contributed by atoms with E-state index in [4.69, 9.17) is 4.74 Å². The number of rotatable bonds is 6. The number of fused-ring (bicyclic) bond motifs is 1. The molecule has 0 radical (unpaired) electrons. The first kappa shape index (κ1) is 19.0. The van der Waals surface area contributed by atoms with Gasteiger partial charge in [-0.15, -0.1) is 10.2 Å². The summed E-state index contributed by atoms with van der Waals surface area (Å²) in [5.74, 6) is 0.322. The van der Waals surface area contributed by atoms with Gasteiger partial charge in [-0.05, 0) is 25.8 Å². The van der Waals surface area contributed by atoms with E-state index in [2.05, 4.69) is 25.4 Å². The smallest absolute Gasteiger partial charge is 0.332 e. The molecule has 1 aliphatic carbocycles. The highest BCUT2D eigenvalue weighted by molar-refractivity contribution is 5.69. The first-order valence-corrected chi connectivity index (χ1v) is 10.0. The van der Waals surface area contributed by atoms with Crippen molar-refractivity contribution in [2.75, 3.05) is 44.7 Å². The van der Waals surface area contributed by atoms with E-state index < -0.39 is 5.56 Å². The van der Waals surface area contributed by atoms with Gasteiger partial charge in [-0.3, -0.25) is 18.8 Å². The second-order valence-corrected chi connectivity index (χ2v) is 7.50. The van der Waals surface area contributed by atoms with E-state index in [1.165, 1.54) is 7.05 Å². The second-order valence-electron chi connectivity index (χ2n) is 7.50. The lowest BCUT2D eigenvalue weighted by Crippen LogP contribution is -2.40. The first-order chi connectivity index (χ1) is 13.6. The van der Waals surface area contributed by atoms with E-state index in [1.807, 2.05) is 0 Å². The predicted octanol–water partition coefficient (Wildman–Crippen LogP) is 0.135. The van der Waals surface area contributed by atoms with Gasteiger partial charge in [0.1, 0.15) is 0 Å². The van der Waals surface area contributed by atoms with Crippen LogP contribution >= 0.6 is 0 Å². The highest BCUT2D eigenvalue weighted by Crippen LogP contribution is 2.29. The Kier molecular flexibility index (Phi) is 5.67. The van der Waals surface area contributed by atoms with Gasteiger partial charge in [0.2, 0.25) is 5.95 Å². The molecule has 1 N–H and O–H groups in total. The van der Waals surface area contributed by atoms with Crippen LogP contribution in [0.25, 0.3) is 11.2 Å². The monoisotopic (exact) mass is 389 g/mol. The van der Waals surface area contributed by atoms with Gasteiger partial charge in [-0.1, -0.05) is 12.8 Å². The first-order valence-electron chi connectivity index (χ1n) is 10.0. The minimum Gasteiger partial charge on any atom is -0.379 e. The van der Waals surface area contributed by atoms with Gasteiger partial charge >= 0.3 is 5.69 Å². The standard InChI is InChI=1S/C18H27N7O3/c1-23-16(26)14-15(25(18(23)27)13-5-2-3-6-13)21-22-17(20-14)19-7-4-8-24-9-11-28-12-10-24/h13H,2-12H2,1H3,(H,19,20,22). The Morgan fingerprint density at radius 3 is 2.64 bits per heavy atom. The van der Waals surface area contributed by atoms with Crippen molar-refractivity contribution >= 4 is 17.1 Å². The second kappa shape index (κ2) is 8.36. The Balaban J connectivity index is 1.51. The van der Waals surface area contributed by atoms with E-state index in [1.54, 1.807) is 4.57 Å². The van der Waals surface area contributed by atoms with E-state index in [9.17, 15) is 9.59 Å². The minimum atomic E-state index is -0.430. The average molecular weight is 389 g/mol. The van der Waals surface area contributed by atoms with E-state index in [0.29, 0.717) is 18.1 Å². The third-order valence-corrected chi connectivity index (χ3v) is 5.63. The molecule has 152 valence electrons. The van der Waals surface area contributed by atoms with Gasteiger partial charge < -0.3 is 10.1 Å². The van der Waals surface area contributed by atoms with Gasteiger partial charge in [0.05, 0.1) is 13.2 Å². The molecular weight excluding hydrogens is 362 g/mol. The molecule has 0 unspecified atom stereocenters. The van der Waals surface area contributed by atoms with E-state index in [-0.39, 0.29) is 17.2 Å². The number of anilines is 1. The summed E-state index contributed by atoms with van der Waals surface area (Å²) in [5.41, 5.74) is -0.286. The largest absolute Gasteiger partial charge is 0.379 e. The van der Waals surface area contributed by atoms with Crippen molar-refractivity contribution < 1.29 is 4.74 Å². The van der Waals surface area contributed by atoms with Crippen LogP contribution in [0.2, 0.25) is 0 Å². The zero-order valence-electron chi connectivity index (χ0n) is 16.3. The van der Waals surface area contributed by atoms with Crippen LogP contribution < -0.4 is 16.6 Å². The number of hydrogen-bond donors (Lipinski definition) is 1. The summed E-state index contributed by atoms with van der Waals surface area (Å²) in [6.45, 7) is 5.16. The maximum Gasteiger partial charge on any atom is 0.332 e. The van der Waals surface area contributed by atoms with Crippen LogP contribution in [0.15, 0.2) is 9.59 Å². The molecule has 2 fully saturated rings. The zero-order valence-corrected chi connectivity index (χ0v) is 16.3. The zero-order chi connectivity index (χ0) is 19.5. The molecule has 0 aromatic carbocycles. The van der Waals surface area contributed by atoms with Gasteiger partial charge in [-0.25, -0.2) is 9.78 Å². The molecular formula is C18H27N7O3. The van der Waals surface area contributed by atoms with Crippen LogP contribution in [0.3, 0.4) is 0 Å². The summed E-state index contributed by atoms with van der Waals surface area (Å²) in [5, 5.41) is 11.5. The maximum absolute atomic E-state index is 12.6. The Morgan fingerprint density at radius 1 is 1.14 bits per heavy atom. The summed E-state index contributed by atoms with van der Waals surface area (Å²) in [6.07, 6.45) is 4.91. The maximum atomic E-state index is 12.6. The van der Waals surface area contributed by atoms with Crippen molar-refractivity contribution in [3.05, 3.63) is 20.8 Å². The Bertz CT molecular complexity index is 943. The van der Waals surface area contributed by atoms with E-state index in [0.717, 1.165) is 69.5 Å². The van der Waals surface area contributed by atoms with Crippen molar-refractivity contribution in [3.8, 4) is 0 Å². The van der Waals surface area contributed by atoms with Gasteiger partial charge in [0.15, 0.2) is 11.2 Å². The molecule has 1 saturated carbocycles. The summed E-state index contributed by atoms with van der Waals surface area (Å²) < 4.78 is 8.08. The van der Waals surface area contributed by atoms with Crippen LogP contribution in [-0.2, 0) is 11.8 Å². The fraction of sp³-hybridized carbons (Fsp3) is 0.722. The van der Waals surface area contributed by atoms with Crippen LogP contribution in [0.4, 0.5) is 5.95 Å². The van der Waals surface area contributed by atoms with Crippen molar-refractivity contribution in [2.24, 2.45) is 7.05 Å². The summed E-state index contributed by atoms with van der Waals surface area (Å²) in [7, 11) is 1.49. The summed E-state index contributed by atoms with van der Waals surface area (Å²) in [6, 6.07) is 0.0604. The molecule has 0 amide bonds. The molecule has 2 aliphatic rings. The lowest BCUT2D eigenvalue weighted by atomic mass is 10.2. The Morgan fingerprint density at radius 2 is 1.89 bits per heavy atom. The number of hydrogen-bond acceptors (Lipinski definition) is 8. The summed E-state index contributed by atoms with van der Waals surface area (Å²) in [4.78, 5) is 32.0. The molecule has 10 nitrogen and oxygen atoms in total. The van der Waals surface area contributed by atoms with Gasteiger partial charge in [-0.2, -0.15) is 0 Å². The van der Waals surface area contributed by atoms with Crippen molar-refractivity contribution in [1.82, 2.24) is 29.2 Å². The molecule has 2 aromatic rings. The Labute approximate surface area is 162 Å². The lowest BCUT2D eigenvalue weighted by molar-refractivity contribution is 0.0378. The summed E-state index contributed by atoms with van der Waals surface area (Å²) >= 11 is 0. The van der Waals surface area contributed by atoms with Crippen LogP contribution in [0.5, 0.6) is 0 Å². The van der Waals surface area contributed by atoms with Crippen LogP contribution in [-0.4, -0.2) is 68.6 Å². The molecule has 0 spiro atoms. The third-order valence-electron chi connectivity index (χ3n) is 5.63. The topological polar surface area (TPSA) is 107 Å². The highest BCUT2D eigenvalue weighted by atomic mass is 16.5. The van der Waals surface area contributed by atoms with E-state index >= 15 is 0 Å².